The highest BCUT2D eigenvalue weighted by Crippen LogP contribution is 2.27. The van der Waals surface area contributed by atoms with Crippen LogP contribution < -0.4 is 0 Å². The van der Waals surface area contributed by atoms with Crippen molar-refractivity contribution >= 4 is 26.8 Å². The number of nitrogens with zero attached hydrogens (tertiary/aromatic N) is 4. The van der Waals surface area contributed by atoms with Crippen LogP contribution in [-0.2, 0) is 21.4 Å². The lowest BCUT2D eigenvalue weighted by Gasteiger charge is -2.38. The molecule has 0 aliphatic carbocycles. The molecule has 0 unspecified atom stereocenters. The Morgan fingerprint density at radius 3 is 2.50 bits per heavy atom. The number of fused-ring (bicyclic) bond motifs is 1. The lowest BCUT2D eigenvalue weighted by atomic mass is 9.98. The second kappa shape index (κ2) is 8.69. The van der Waals surface area contributed by atoms with Crippen molar-refractivity contribution in [2.24, 2.45) is 5.92 Å². The quantitative estimate of drug-likeness (QED) is 0.727. The third-order valence-electron chi connectivity index (χ3n) is 6.59. The second-order valence-electron chi connectivity index (χ2n) is 8.28. The van der Waals surface area contributed by atoms with Crippen molar-refractivity contribution in [3.8, 4) is 0 Å². The van der Waals surface area contributed by atoms with E-state index < -0.39 is 10.0 Å². The highest BCUT2D eigenvalue weighted by Gasteiger charge is 2.35. The van der Waals surface area contributed by atoms with E-state index in [4.69, 9.17) is 0 Å². The van der Waals surface area contributed by atoms with Crippen molar-refractivity contribution in [3.05, 3.63) is 30.5 Å². The number of aromatic nitrogens is 1. The Balaban J connectivity index is 1.49. The van der Waals surface area contributed by atoms with Crippen molar-refractivity contribution in [1.29, 1.82) is 0 Å². The molecule has 2 fully saturated rings. The molecular weight excluding hydrogens is 400 g/mol. The summed E-state index contributed by atoms with van der Waals surface area (Å²) < 4.78 is 30.3. The first kappa shape index (κ1) is 21.3. The van der Waals surface area contributed by atoms with Gasteiger partial charge in [0.25, 0.3) is 0 Å². The highest BCUT2D eigenvalue weighted by molar-refractivity contribution is 7.89. The van der Waals surface area contributed by atoms with Gasteiger partial charge in [-0.05, 0) is 50.6 Å². The molecule has 8 heteroatoms. The molecule has 1 aromatic carbocycles. The molecule has 2 aliphatic rings. The van der Waals surface area contributed by atoms with Crippen molar-refractivity contribution < 1.29 is 13.2 Å². The molecule has 2 saturated heterocycles. The number of hydrogen-bond donors (Lipinski definition) is 0. The number of piperidine rings is 1. The predicted octanol–water partition coefficient (Wildman–Crippen LogP) is 2.23. The fourth-order valence-electron chi connectivity index (χ4n) is 4.67. The van der Waals surface area contributed by atoms with Crippen molar-refractivity contribution in [1.82, 2.24) is 18.7 Å². The molecule has 3 heterocycles. The van der Waals surface area contributed by atoms with Crippen LogP contribution in [0.2, 0.25) is 0 Å². The van der Waals surface area contributed by atoms with Gasteiger partial charge in [-0.15, -0.1) is 0 Å². The molecule has 1 atom stereocenters. The number of amides is 1. The Morgan fingerprint density at radius 2 is 1.80 bits per heavy atom. The predicted molar refractivity (Wildman–Crippen MR) is 118 cm³/mol. The number of carbonyl (C=O) groups excluding carboxylic acids is 1. The Labute approximate surface area is 179 Å². The zero-order chi connectivity index (χ0) is 21.3. The molecule has 1 aromatic heterocycles. The minimum absolute atomic E-state index is 0.112. The number of hydrogen-bond acceptors (Lipinski definition) is 4. The summed E-state index contributed by atoms with van der Waals surface area (Å²) in [5.41, 5.74) is 1.04. The number of rotatable bonds is 5. The smallest absolute Gasteiger partial charge is 0.243 e. The monoisotopic (exact) mass is 432 g/mol. The van der Waals surface area contributed by atoms with Gasteiger partial charge in [-0.3, -0.25) is 4.79 Å². The van der Waals surface area contributed by atoms with Crippen LogP contribution in [0.4, 0.5) is 0 Å². The lowest BCUT2D eigenvalue weighted by Crippen LogP contribution is -2.52. The van der Waals surface area contributed by atoms with Crippen LogP contribution in [0.1, 0.15) is 26.7 Å². The van der Waals surface area contributed by atoms with Crippen LogP contribution in [-0.4, -0.2) is 78.8 Å². The molecule has 164 valence electrons. The van der Waals surface area contributed by atoms with Crippen LogP contribution in [0.5, 0.6) is 0 Å². The summed E-state index contributed by atoms with van der Waals surface area (Å²) >= 11 is 0. The number of benzene rings is 1. The minimum Gasteiger partial charge on any atom is -0.348 e. The summed E-state index contributed by atoms with van der Waals surface area (Å²) in [5, 5.41) is 0.927. The molecule has 0 N–H and O–H groups in total. The molecule has 7 nitrogen and oxygen atoms in total. The number of sulfonamides is 1. The van der Waals surface area contributed by atoms with E-state index in [0.717, 1.165) is 63.0 Å². The largest absolute Gasteiger partial charge is 0.348 e. The molecule has 0 radical (unpaired) electrons. The normalized spacial score (nSPS) is 21.9. The van der Waals surface area contributed by atoms with E-state index in [1.165, 1.54) is 4.31 Å². The van der Waals surface area contributed by atoms with Crippen molar-refractivity contribution in [2.75, 3.05) is 45.8 Å². The van der Waals surface area contributed by atoms with E-state index in [1.54, 1.807) is 12.1 Å². The zero-order valence-electron chi connectivity index (χ0n) is 18.0. The SMILES string of the molecule is CCN1CCN(C(=O)[C@H]2CCCN(S(=O)(=O)c3ccc4c(ccn4CC)c3)C2)CC1. The zero-order valence-corrected chi connectivity index (χ0v) is 18.8. The molecule has 4 rings (SSSR count). The third kappa shape index (κ3) is 4.00. The van der Waals surface area contributed by atoms with Gasteiger partial charge in [-0.2, -0.15) is 4.31 Å². The second-order valence-corrected chi connectivity index (χ2v) is 10.2. The van der Waals surface area contributed by atoms with Gasteiger partial charge in [0.1, 0.15) is 0 Å². The Hall–Kier alpha value is -1.90. The molecule has 0 bridgehead atoms. The number of piperazine rings is 1. The van der Waals surface area contributed by atoms with Gasteiger partial charge >= 0.3 is 0 Å². The van der Waals surface area contributed by atoms with Gasteiger partial charge in [-0.1, -0.05) is 6.92 Å². The summed E-state index contributed by atoms with van der Waals surface area (Å²) in [6.45, 7) is 10.1. The Kier molecular flexibility index (Phi) is 6.18. The fourth-order valence-corrected chi connectivity index (χ4v) is 6.23. The maximum absolute atomic E-state index is 13.3. The average molecular weight is 433 g/mol. The van der Waals surface area contributed by atoms with Gasteiger partial charge in [0.05, 0.1) is 10.8 Å². The van der Waals surface area contributed by atoms with E-state index >= 15 is 0 Å². The third-order valence-corrected chi connectivity index (χ3v) is 8.45. The van der Waals surface area contributed by atoms with Crippen molar-refractivity contribution in [3.63, 3.8) is 0 Å². The summed E-state index contributed by atoms with van der Waals surface area (Å²) in [7, 11) is -3.62. The van der Waals surface area contributed by atoms with Crippen LogP contribution in [0.25, 0.3) is 10.9 Å². The van der Waals surface area contributed by atoms with Gasteiger partial charge < -0.3 is 14.4 Å². The first-order valence-electron chi connectivity index (χ1n) is 11.0. The number of carbonyl (C=O) groups is 1. The van der Waals surface area contributed by atoms with E-state index in [1.807, 2.05) is 23.2 Å². The summed E-state index contributed by atoms with van der Waals surface area (Å²) in [6.07, 6.45) is 3.46. The van der Waals surface area contributed by atoms with Crippen LogP contribution >= 0.6 is 0 Å². The maximum Gasteiger partial charge on any atom is 0.243 e. The van der Waals surface area contributed by atoms with Crippen LogP contribution in [0.3, 0.4) is 0 Å². The molecule has 30 heavy (non-hydrogen) atoms. The first-order valence-corrected chi connectivity index (χ1v) is 12.5. The van der Waals surface area contributed by atoms with E-state index in [-0.39, 0.29) is 18.4 Å². The summed E-state index contributed by atoms with van der Waals surface area (Å²) in [4.78, 5) is 17.6. The lowest BCUT2D eigenvalue weighted by molar-refractivity contribution is -0.138. The standard InChI is InChI=1S/C22H32N4O3S/c1-3-23-12-14-25(15-13-23)22(27)19-6-5-10-26(17-19)30(28,29)20-7-8-21-18(16-20)9-11-24(21)4-2/h7-9,11,16,19H,3-6,10,12-15,17H2,1-2H3/t19-/m0/s1. The minimum atomic E-state index is -3.62. The van der Waals surface area contributed by atoms with Crippen LogP contribution in [0.15, 0.2) is 35.4 Å². The molecule has 0 spiro atoms. The molecule has 0 saturated carbocycles. The molecule has 1 amide bonds. The van der Waals surface area contributed by atoms with E-state index in [9.17, 15) is 13.2 Å². The summed E-state index contributed by atoms with van der Waals surface area (Å²) in [5.74, 6) is -0.132. The first-order chi connectivity index (χ1) is 14.4. The Bertz CT molecular complexity index is 1010. The summed E-state index contributed by atoms with van der Waals surface area (Å²) in [6, 6.07) is 7.29. The van der Waals surface area contributed by atoms with Gasteiger partial charge in [0, 0.05) is 62.9 Å². The number of aryl methyl sites for hydroxylation is 1. The maximum atomic E-state index is 13.3. The number of likely N-dealkylation sites (N-methyl/N-ethyl adjacent to an activating group) is 1. The topological polar surface area (TPSA) is 65.9 Å². The van der Waals surface area contributed by atoms with Crippen molar-refractivity contribution in [2.45, 2.75) is 38.1 Å². The van der Waals surface area contributed by atoms with E-state index in [2.05, 4.69) is 23.3 Å². The highest BCUT2D eigenvalue weighted by atomic mass is 32.2. The van der Waals surface area contributed by atoms with Gasteiger partial charge in [0.15, 0.2) is 0 Å². The van der Waals surface area contributed by atoms with Gasteiger partial charge in [0.2, 0.25) is 15.9 Å². The molecular formula is C22H32N4O3S. The van der Waals surface area contributed by atoms with Crippen LogP contribution in [0, 0.1) is 5.92 Å². The molecule has 2 aromatic rings. The Morgan fingerprint density at radius 1 is 1.03 bits per heavy atom. The molecule has 2 aliphatic heterocycles. The van der Waals surface area contributed by atoms with E-state index in [0.29, 0.717) is 11.4 Å². The van der Waals surface area contributed by atoms with Gasteiger partial charge in [-0.25, -0.2) is 8.42 Å². The average Bonchev–Trinajstić information content (AvgIpc) is 3.21. The fraction of sp³-hybridized carbons (Fsp3) is 0.591.